The Kier molecular flexibility index (Phi) is 4.01. The van der Waals surface area contributed by atoms with Crippen molar-refractivity contribution in [3.8, 4) is 0 Å². The van der Waals surface area contributed by atoms with E-state index in [1.165, 1.54) is 0 Å². The van der Waals surface area contributed by atoms with Crippen molar-refractivity contribution in [2.75, 3.05) is 31.7 Å². The number of anilines is 1. The first-order valence-electron chi connectivity index (χ1n) is 6.27. The first-order valence-corrected chi connectivity index (χ1v) is 6.27. The lowest BCUT2D eigenvalue weighted by Crippen LogP contribution is -2.45. The fourth-order valence-electron chi connectivity index (χ4n) is 2.23. The van der Waals surface area contributed by atoms with Crippen LogP contribution in [-0.2, 0) is 4.74 Å². The molecule has 0 unspecified atom stereocenters. The van der Waals surface area contributed by atoms with Crippen LogP contribution >= 0.6 is 0 Å². The average Bonchev–Trinajstić information content (AvgIpc) is 2.39. The van der Waals surface area contributed by atoms with Crippen LogP contribution in [0, 0.1) is 0 Å². The van der Waals surface area contributed by atoms with E-state index in [1.807, 2.05) is 11.9 Å². The summed E-state index contributed by atoms with van der Waals surface area (Å²) in [6.07, 6.45) is 2.77. The number of hydrogen-bond donors (Lipinski definition) is 2. The maximum atomic E-state index is 11.1. The van der Waals surface area contributed by atoms with E-state index in [9.17, 15) is 9.90 Å². The van der Waals surface area contributed by atoms with Crippen LogP contribution in [0.25, 0.3) is 0 Å². The number of rotatable bonds is 4. The van der Waals surface area contributed by atoms with E-state index >= 15 is 0 Å². The molecule has 1 aromatic heterocycles. The van der Waals surface area contributed by atoms with Crippen molar-refractivity contribution >= 4 is 11.6 Å². The van der Waals surface area contributed by atoms with Gasteiger partial charge in [0.2, 0.25) is 0 Å². The number of carbonyl (C=O) groups is 1. The van der Waals surface area contributed by atoms with Crippen molar-refractivity contribution in [1.29, 1.82) is 0 Å². The van der Waals surface area contributed by atoms with Crippen molar-refractivity contribution < 1.29 is 14.6 Å². The zero-order valence-electron chi connectivity index (χ0n) is 11.0. The molecule has 0 atom stereocenters. The lowest BCUT2D eigenvalue weighted by atomic mass is 9.94. The molecular formula is C13H19N3O3. The maximum absolute atomic E-state index is 11.1. The number of hydrogen-bond acceptors (Lipinski definition) is 5. The minimum Gasteiger partial charge on any atom is -0.388 e. The van der Waals surface area contributed by atoms with Gasteiger partial charge in [-0.3, -0.25) is 9.78 Å². The van der Waals surface area contributed by atoms with Gasteiger partial charge in [-0.05, 0) is 12.1 Å². The molecule has 0 bridgehead atoms. The summed E-state index contributed by atoms with van der Waals surface area (Å²) in [6.45, 7) is 1.64. The fraction of sp³-hybridized carbons (Fsp3) is 0.538. The van der Waals surface area contributed by atoms with Crippen molar-refractivity contribution in [2.45, 2.75) is 18.4 Å². The van der Waals surface area contributed by atoms with Crippen LogP contribution in [0.1, 0.15) is 23.3 Å². The normalized spacial score (nSPS) is 18.0. The van der Waals surface area contributed by atoms with Gasteiger partial charge in [0, 0.05) is 51.5 Å². The predicted molar refractivity (Wildman–Crippen MR) is 71.0 cm³/mol. The lowest BCUT2D eigenvalue weighted by Gasteiger charge is -2.36. The minimum absolute atomic E-state index is 0.225. The summed E-state index contributed by atoms with van der Waals surface area (Å²) in [6, 6.07) is 3.42. The second-order valence-corrected chi connectivity index (χ2v) is 4.96. The number of carbonyl (C=O) groups excluding carboxylic acids is 1. The minimum atomic E-state index is -0.747. The number of amides is 1. The molecule has 0 saturated carbocycles. The van der Waals surface area contributed by atoms with E-state index in [0.717, 1.165) is 5.69 Å². The van der Waals surface area contributed by atoms with Crippen LogP contribution in [0.4, 0.5) is 5.69 Å². The molecule has 0 spiro atoms. The molecule has 1 saturated heterocycles. The fourth-order valence-corrected chi connectivity index (χ4v) is 2.23. The molecule has 1 aliphatic rings. The highest BCUT2D eigenvalue weighted by molar-refractivity contribution is 5.91. The summed E-state index contributed by atoms with van der Waals surface area (Å²) in [5.74, 6) is -0.556. The number of aliphatic hydroxyl groups is 1. The molecular weight excluding hydrogens is 246 g/mol. The number of ether oxygens (including phenoxy) is 1. The summed E-state index contributed by atoms with van der Waals surface area (Å²) in [5, 5.41) is 10.5. The third-order valence-electron chi connectivity index (χ3n) is 3.39. The maximum Gasteiger partial charge on any atom is 0.267 e. The summed E-state index contributed by atoms with van der Waals surface area (Å²) in [7, 11) is 1.87. The van der Waals surface area contributed by atoms with Gasteiger partial charge in [-0.1, -0.05) is 0 Å². The number of aromatic nitrogens is 1. The van der Waals surface area contributed by atoms with Gasteiger partial charge in [-0.15, -0.1) is 0 Å². The Morgan fingerprint density at radius 2 is 2.26 bits per heavy atom. The molecule has 1 aromatic rings. The Bertz CT molecular complexity index is 458. The second-order valence-electron chi connectivity index (χ2n) is 4.96. The van der Waals surface area contributed by atoms with E-state index < -0.39 is 11.5 Å². The molecule has 3 N–H and O–H groups in total. The summed E-state index contributed by atoms with van der Waals surface area (Å²) in [5.41, 5.74) is 5.49. The SMILES string of the molecule is CN(CC1(O)CCOCC1)c1ccnc(C(N)=O)c1. The quantitative estimate of drug-likeness (QED) is 0.809. The topological polar surface area (TPSA) is 88.7 Å². The Hall–Kier alpha value is -1.66. The van der Waals surface area contributed by atoms with Crippen LogP contribution in [0.3, 0.4) is 0 Å². The largest absolute Gasteiger partial charge is 0.388 e. The number of pyridine rings is 1. The molecule has 2 heterocycles. The van der Waals surface area contributed by atoms with Crippen molar-refractivity contribution in [3.05, 3.63) is 24.0 Å². The molecule has 6 nitrogen and oxygen atoms in total. The molecule has 0 radical (unpaired) electrons. The first kappa shape index (κ1) is 13.8. The number of likely N-dealkylation sites (N-methyl/N-ethyl adjacent to an activating group) is 1. The van der Waals surface area contributed by atoms with Gasteiger partial charge in [0.05, 0.1) is 5.60 Å². The van der Waals surface area contributed by atoms with Crippen LogP contribution in [0.15, 0.2) is 18.3 Å². The Labute approximate surface area is 112 Å². The first-order chi connectivity index (χ1) is 9.00. The monoisotopic (exact) mass is 265 g/mol. The van der Waals surface area contributed by atoms with Gasteiger partial charge in [-0.2, -0.15) is 0 Å². The molecule has 1 fully saturated rings. The summed E-state index contributed by atoms with van der Waals surface area (Å²) in [4.78, 5) is 16.9. The molecule has 1 aliphatic heterocycles. The Morgan fingerprint density at radius 3 is 2.89 bits per heavy atom. The Morgan fingerprint density at radius 1 is 1.58 bits per heavy atom. The highest BCUT2D eigenvalue weighted by atomic mass is 16.5. The summed E-state index contributed by atoms with van der Waals surface area (Å²) < 4.78 is 5.25. The average molecular weight is 265 g/mol. The van der Waals surface area contributed by atoms with E-state index in [-0.39, 0.29) is 5.69 Å². The van der Waals surface area contributed by atoms with Crippen molar-refractivity contribution in [2.24, 2.45) is 5.73 Å². The van der Waals surface area contributed by atoms with E-state index in [4.69, 9.17) is 10.5 Å². The summed E-state index contributed by atoms with van der Waals surface area (Å²) >= 11 is 0. The van der Waals surface area contributed by atoms with Crippen LogP contribution in [0.2, 0.25) is 0 Å². The van der Waals surface area contributed by atoms with Gasteiger partial charge < -0.3 is 20.5 Å². The van der Waals surface area contributed by atoms with Gasteiger partial charge >= 0.3 is 0 Å². The zero-order valence-corrected chi connectivity index (χ0v) is 11.0. The molecule has 104 valence electrons. The Balaban J connectivity index is 2.08. The standard InChI is InChI=1S/C13H19N3O3/c1-16(9-13(18)3-6-19-7-4-13)10-2-5-15-11(8-10)12(14)17/h2,5,8,18H,3-4,6-7,9H2,1H3,(H2,14,17). The molecule has 1 amide bonds. The van der Waals surface area contributed by atoms with E-state index in [2.05, 4.69) is 4.98 Å². The smallest absolute Gasteiger partial charge is 0.267 e. The molecule has 19 heavy (non-hydrogen) atoms. The van der Waals surface area contributed by atoms with Crippen LogP contribution in [-0.4, -0.2) is 48.4 Å². The van der Waals surface area contributed by atoms with Crippen molar-refractivity contribution in [3.63, 3.8) is 0 Å². The van der Waals surface area contributed by atoms with E-state index in [1.54, 1.807) is 18.3 Å². The molecule has 0 aromatic carbocycles. The molecule has 2 rings (SSSR count). The zero-order chi connectivity index (χ0) is 13.9. The lowest BCUT2D eigenvalue weighted by molar-refractivity contribution is -0.0572. The van der Waals surface area contributed by atoms with Gasteiger partial charge in [-0.25, -0.2) is 0 Å². The van der Waals surface area contributed by atoms with Crippen molar-refractivity contribution in [1.82, 2.24) is 4.98 Å². The number of nitrogens with two attached hydrogens (primary N) is 1. The van der Waals surface area contributed by atoms with Gasteiger partial charge in [0.15, 0.2) is 0 Å². The third kappa shape index (κ3) is 3.42. The highest BCUT2D eigenvalue weighted by Crippen LogP contribution is 2.24. The molecule has 6 heteroatoms. The highest BCUT2D eigenvalue weighted by Gasteiger charge is 2.31. The number of nitrogens with zero attached hydrogens (tertiary/aromatic N) is 2. The second kappa shape index (κ2) is 5.54. The molecule has 0 aliphatic carbocycles. The van der Waals surface area contributed by atoms with Crippen LogP contribution < -0.4 is 10.6 Å². The van der Waals surface area contributed by atoms with Crippen LogP contribution in [0.5, 0.6) is 0 Å². The predicted octanol–water partition coefficient (Wildman–Crippen LogP) is 0.158. The van der Waals surface area contributed by atoms with E-state index in [0.29, 0.717) is 32.6 Å². The van der Waals surface area contributed by atoms with Gasteiger partial charge in [0.25, 0.3) is 5.91 Å². The third-order valence-corrected chi connectivity index (χ3v) is 3.39. The number of primary amides is 1. The van der Waals surface area contributed by atoms with Gasteiger partial charge in [0.1, 0.15) is 5.69 Å².